The number of rotatable bonds is 11. The third-order valence-electron chi connectivity index (χ3n) is 4.16. The zero-order valence-corrected chi connectivity index (χ0v) is 16.2. The summed E-state index contributed by atoms with van der Waals surface area (Å²) in [5.41, 5.74) is 0. The highest BCUT2D eigenvalue weighted by atomic mass is 32.2. The third-order valence-corrected chi connectivity index (χ3v) is 4.75. The van der Waals surface area contributed by atoms with Crippen LogP contribution in [0.5, 0.6) is 0 Å². The second-order valence-electron chi connectivity index (χ2n) is 6.12. The summed E-state index contributed by atoms with van der Waals surface area (Å²) in [5.74, 6) is 3.62. The Morgan fingerprint density at radius 1 is 1.48 bits per heavy atom. The Morgan fingerprint density at radius 2 is 2.40 bits per heavy atom. The summed E-state index contributed by atoms with van der Waals surface area (Å²) in [6.07, 6.45) is 5.85. The minimum Gasteiger partial charge on any atom is -0.469 e. The van der Waals surface area contributed by atoms with Gasteiger partial charge in [-0.2, -0.15) is 11.8 Å². The first kappa shape index (κ1) is 20.1. The molecule has 0 saturated carbocycles. The average Bonchev–Trinajstić information content (AvgIpc) is 3.29. The number of furan rings is 1. The molecule has 1 atom stereocenters. The maximum atomic E-state index is 5.69. The van der Waals surface area contributed by atoms with Crippen LogP contribution in [0.4, 0.5) is 0 Å². The highest BCUT2D eigenvalue weighted by Crippen LogP contribution is 2.16. The van der Waals surface area contributed by atoms with Crippen molar-refractivity contribution < 1.29 is 13.9 Å². The van der Waals surface area contributed by atoms with E-state index in [0.29, 0.717) is 19.1 Å². The molecule has 1 aromatic rings. The largest absolute Gasteiger partial charge is 0.469 e. The summed E-state index contributed by atoms with van der Waals surface area (Å²) >= 11 is 1.82. The fraction of sp³-hybridized carbons (Fsp3) is 0.722. The van der Waals surface area contributed by atoms with Crippen LogP contribution >= 0.6 is 11.8 Å². The molecule has 1 N–H and O–H groups in total. The number of hydrogen-bond donors (Lipinski definition) is 1. The van der Waals surface area contributed by atoms with Crippen molar-refractivity contribution in [3.63, 3.8) is 0 Å². The standard InChI is InChI=1S/C18H31N3O3S/c1-22-11-12-23-15-16-6-9-21(14-16)18(20-8-13-25-2)19-7-5-17-4-3-10-24-17/h3-4,10,16H,5-9,11-15H2,1-2H3,(H,19,20). The van der Waals surface area contributed by atoms with E-state index in [4.69, 9.17) is 18.9 Å². The molecule has 1 aliphatic rings. The van der Waals surface area contributed by atoms with Crippen molar-refractivity contribution in [3.8, 4) is 0 Å². The van der Waals surface area contributed by atoms with E-state index in [9.17, 15) is 0 Å². The van der Waals surface area contributed by atoms with Crippen molar-refractivity contribution in [1.82, 2.24) is 10.2 Å². The Kier molecular flexibility index (Phi) is 9.84. The summed E-state index contributed by atoms with van der Waals surface area (Å²) < 4.78 is 16.1. The van der Waals surface area contributed by atoms with E-state index in [1.807, 2.05) is 23.9 Å². The van der Waals surface area contributed by atoms with E-state index in [0.717, 1.165) is 63.1 Å². The lowest BCUT2D eigenvalue weighted by atomic mass is 10.1. The van der Waals surface area contributed by atoms with Gasteiger partial charge in [-0.15, -0.1) is 0 Å². The van der Waals surface area contributed by atoms with Crippen molar-refractivity contribution >= 4 is 17.7 Å². The first-order valence-electron chi connectivity index (χ1n) is 8.94. The van der Waals surface area contributed by atoms with Crippen LogP contribution in [0.25, 0.3) is 0 Å². The van der Waals surface area contributed by atoms with Crippen molar-refractivity contribution in [2.24, 2.45) is 10.9 Å². The van der Waals surface area contributed by atoms with Gasteiger partial charge in [0.1, 0.15) is 5.76 Å². The smallest absolute Gasteiger partial charge is 0.193 e. The molecular formula is C18H31N3O3S. The number of likely N-dealkylation sites (tertiary alicyclic amines) is 1. The quantitative estimate of drug-likeness (QED) is 0.366. The van der Waals surface area contributed by atoms with E-state index in [2.05, 4.69) is 16.5 Å². The summed E-state index contributed by atoms with van der Waals surface area (Å²) in [4.78, 5) is 7.13. The molecule has 2 rings (SSSR count). The topological polar surface area (TPSA) is 59.2 Å². The van der Waals surface area contributed by atoms with Crippen LogP contribution in [-0.4, -0.2) is 76.0 Å². The summed E-state index contributed by atoms with van der Waals surface area (Å²) in [5, 5.41) is 3.50. The molecule has 0 amide bonds. The van der Waals surface area contributed by atoms with Gasteiger partial charge in [-0.05, 0) is 24.8 Å². The van der Waals surface area contributed by atoms with Gasteiger partial charge in [0, 0.05) is 44.8 Å². The minimum absolute atomic E-state index is 0.564. The molecule has 7 heteroatoms. The Balaban J connectivity index is 1.77. The fourth-order valence-electron chi connectivity index (χ4n) is 2.82. The first-order chi connectivity index (χ1) is 12.3. The Morgan fingerprint density at radius 3 is 3.16 bits per heavy atom. The molecule has 1 saturated heterocycles. The van der Waals surface area contributed by atoms with Gasteiger partial charge in [0.2, 0.25) is 0 Å². The third kappa shape index (κ3) is 7.71. The molecule has 25 heavy (non-hydrogen) atoms. The lowest BCUT2D eigenvalue weighted by Crippen LogP contribution is -2.41. The number of hydrogen-bond acceptors (Lipinski definition) is 5. The summed E-state index contributed by atoms with van der Waals surface area (Å²) in [7, 11) is 1.70. The normalized spacial score (nSPS) is 18.1. The van der Waals surface area contributed by atoms with Gasteiger partial charge in [0.15, 0.2) is 5.96 Å². The lowest BCUT2D eigenvalue weighted by Gasteiger charge is -2.22. The Labute approximate surface area is 155 Å². The van der Waals surface area contributed by atoms with E-state index in [1.54, 1.807) is 13.4 Å². The molecule has 1 aromatic heterocycles. The average molecular weight is 370 g/mol. The highest BCUT2D eigenvalue weighted by molar-refractivity contribution is 7.98. The van der Waals surface area contributed by atoms with E-state index in [1.165, 1.54) is 0 Å². The van der Waals surface area contributed by atoms with Gasteiger partial charge in [-0.1, -0.05) is 0 Å². The molecule has 0 bridgehead atoms. The second-order valence-corrected chi connectivity index (χ2v) is 7.11. The van der Waals surface area contributed by atoms with Crippen LogP contribution in [0.2, 0.25) is 0 Å². The number of guanidine groups is 1. The Hall–Kier alpha value is -1.18. The predicted octanol–water partition coefficient (Wildman–Crippen LogP) is 2.12. The van der Waals surface area contributed by atoms with Gasteiger partial charge in [-0.3, -0.25) is 4.99 Å². The highest BCUT2D eigenvalue weighted by Gasteiger charge is 2.25. The molecule has 142 valence electrons. The van der Waals surface area contributed by atoms with Gasteiger partial charge in [0.05, 0.1) is 32.6 Å². The van der Waals surface area contributed by atoms with E-state index in [-0.39, 0.29) is 0 Å². The zero-order valence-electron chi connectivity index (χ0n) is 15.4. The van der Waals surface area contributed by atoms with Crippen molar-refractivity contribution in [2.75, 3.05) is 65.1 Å². The van der Waals surface area contributed by atoms with Gasteiger partial charge >= 0.3 is 0 Å². The molecule has 6 nitrogen and oxygen atoms in total. The summed E-state index contributed by atoms with van der Waals surface area (Å²) in [6, 6.07) is 3.94. The van der Waals surface area contributed by atoms with E-state index >= 15 is 0 Å². The van der Waals surface area contributed by atoms with Crippen LogP contribution in [-0.2, 0) is 15.9 Å². The number of nitrogens with zero attached hydrogens (tertiary/aromatic N) is 2. The first-order valence-corrected chi connectivity index (χ1v) is 10.3. The van der Waals surface area contributed by atoms with Gasteiger partial charge < -0.3 is 24.1 Å². The maximum absolute atomic E-state index is 5.69. The molecular weight excluding hydrogens is 338 g/mol. The fourth-order valence-corrected chi connectivity index (χ4v) is 3.09. The SMILES string of the molecule is COCCOCC1CCN(C(=NCCSC)NCCc2ccco2)C1. The molecule has 0 aromatic carbocycles. The van der Waals surface area contributed by atoms with Gasteiger partial charge in [-0.25, -0.2) is 0 Å². The molecule has 1 unspecified atom stereocenters. The molecule has 0 radical (unpaired) electrons. The molecule has 2 heterocycles. The number of aliphatic imine (C=N–C) groups is 1. The predicted molar refractivity (Wildman–Crippen MR) is 103 cm³/mol. The number of thioether (sulfide) groups is 1. The number of nitrogens with one attached hydrogen (secondary N) is 1. The maximum Gasteiger partial charge on any atom is 0.193 e. The van der Waals surface area contributed by atoms with Crippen molar-refractivity contribution in [2.45, 2.75) is 12.8 Å². The van der Waals surface area contributed by atoms with Crippen LogP contribution < -0.4 is 5.32 Å². The van der Waals surface area contributed by atoms with Crippen LogP contribution in [0.3, 0.4) is 0 Å². The lowest BCUT2D eigenvalue weighted by molar-refractivity contribution is 0.0536. The van der Waals surface area contributed by atoms with Crippen LogP contribution in [0.15, 0.2) is 27.8 Å². The van der Waals surface area contributed by atoms with Crippen LogP contribution in [0, 0.1) is 5.92 Å². The number of methoxy groups -OCH3 is 1. The number of ether oxygens (including phenoxy) is 2. The van der Waals surface area contributed by atoms with E-state index < -0.39 is 0 Å². The van der Waals surface area contributed by atoms with Crippen molar-refractivity contribution in [1.29, 1.82) is 0 Å². The minimum atomic E-state index is 0.564. The molecule has 1 aliphatic heterocycles. The van der Waals surface area contributed by atoms with Gasteiger partial charge in [0.25, 0.3) is 0 Å². The monoisotopic (exact) mass is 369 g/mol. The summed E-state index contributed by atoms with van der Waals surface area (Å²) in [6.45, 7) is 5.83. The zero-order chi connectivity index (χ0) is 17.7. The van der Waals surface area contributed by atoms with Crippen LogP contribution in [0.1, 0.15) is 12.2 Å². The molecule has 0 spiro atoms. The molecule has 1 fully saturated rings. The Bertz CT molecular complexity index is 482. The van der Waals surface area contributed by atoms with Crippen molar-refractivity contribution in [3.05, 3.63) is 24.2 Å². The molecule has 0 aliphatic carbocycles. The second kappa shape index (κ2) is 12.2.